The molecular weight excluding hydrogens is 333 g/mol. The lowest BCUT2D eigenvalue weighted by atomic mass is 10.1. The van der Waals surface area contributed by atoms with E-state index in [-0.39, 0.29) is 0 Å². The van der Waals surface area contributed by atoms with Crippen molar-refractivity contribution in [3.63, 3.8) is 0 Å². The summed E-state index contributed by atoms with van der Waals surface area (Å²) >= 11 is 0. The standard InChI is InChI=1S/C16H32NO6P/c1-3-4-5-6-7-8-9-10-11-12-16(19)15(17-14(2)18)13-23-24(20,21)22/h11-12,15-16,19H,3-10,13H2,1-2H3,(H,17,18)(H2,20,21,22)/b12-11+/t15-,16+/m0/s1. The number of phosphoric acid groups is 1. The number of carbonyl (C=O) groups excluding carboxylic acids is 1. The van der Waals surface area contributed by atoms with Gasteiger partial charge in [-0.25, -0.2) is 4.57 Å². The van der Waals surface area contributed by atoms with Crippen molar-refractivity contribution in [3.05, 3.63) is 12.2 Å². The molecule has 8 heteroatoms. The van der Waals surface area contributed by atoms with Crippen LogP contribution in [0.4, 0.5) is 0 Å². The minimum absolute atomic E-state index is 0.408. The molecule has 24 heavy (non-hydrogen) atoms. The number of allylic oxidation sites excluding steroid dienone is 1. The van der Waals surface area contributed by atoms with E-state index in [0.29, 0.717) is 0 Å². The zero-order valence-corrected chi connectivity index (χ0v) is 15.6. The molecule has 4 N–H and O–H groups in total. The molecule has 0 aromatic rings. The Morgan fingerprint density at radius 3 is 2.29 bits per heavy atom. The number of aliphatic hydroxyl groups is 1. The molecule has 0 unspecified atom stereocenters. The summed E-state index contributed by atoms with van der Waals surface area (Å²) < 4.78 is 15.1. The van der Waals surface area contributed by atoms with Crippen molar-refractivity contribution in [1.29, 1.82) is 0 Å². The van der Waals surface area contributed by atoms with E-state index in [1.54, 1.807) is 0 Å². The van der Waals surface area contributed by atoms with Crippen LogP contribution in [0.3, 0.4) is 0 Å². The molecule has 0 aromatic heterocycles. The summed E-state index contributed by atoms with van der Waals surface area (Å²) in [6.07, 6.45) is 11.5. The van der Waals surface area contributed by atoms with Crippen molar-refractivity contribution >= 4 is 13.7 Å². The summed E-state index contributed by atoms with van der Waals surface area (Å²) in [6.45, 7) is 2.99. The lowest BCUT2D eigenvalue weighted by molar-refractivity contribution is -0.120. The first-order valence-corrected chi connectivity index (χ1v) is 10.1. The van der Waals surface area contributed by atoms with Crippen LogP contribution in [0.15, 0.2) is 12.2 Å². The van der Waals surface area contributed by atoms with Crippen LogP contribution < -0.4 is 5.32 Å². The molecular formula is C16H32NO6P. The smallest absolute Gasteiger partial charge is 0.387 e. The maximum absolute atomic E-state index is 11.1. The Kier molecular flexibility index (Phi) is 13.2. The third-order valence-corrected chi connectivity index (χ3v) is 4.02. The fourth-order valence-electron chi connectivity index (χ4n) is 2.25. The van der Waals surface area contributed by atoms with Crippen molar-refractivity contribution < 1.29 is 28.8 Å². The monoisotopic (exact) mass is 365 g/mol. The molecule has 142 valence electrons. The molecule has 0 aliphatic rings. The molecule has 0 heterocycles. The van der Waals surface area contributed by atoms with Gasteiger partial charge in [0, 0.05) is 6.92 Å². The second-order valence-electron chi connectivity index (χ2n) is 5.92. The zero-order chi connectivity index (χ0) is 18.4. The Morgan fingerprint density at radius 1 is 1.17 bits per heavy atom. The summed E-state index contributed by atoms with van der Waals surface area (Å²) in [4.78, 5) is 28.5. The Bertz CT molecular complexity index is 409. The molecule has 0 rings (SSSR count). The number of hydrogen-bond donors (Lipinski definition) is 4. The molecule has 1 amide bonds. The molecule has 0 aliphatic heterocycles. The van der Waals surface area contributed by atoms with Crippen LogP contribution in [0.5, 0.6) is 0 Å². The van der Waals surface area contributed by atoms with Gasteiger partial charge in [-0.3, -0.25) is 9.32 Å². The van der Waals surface area contributed by atoms with Crippen LogP contribution >= 0.6 is 7.82 Å². The van der Waals surface area contributed by atoms with Gasteiger partial charge in [0.05, 0.1) is 18.8 Å². The number of carbonyl (C=O) groups is 1. The largest absolute Gasteiger partial charge is 0.469 e. The van der Waals surface area contributed by atoms with Crippen LogP contribution in [-0.2, 0) is 13.9 Å². The average molecular weight is 365 g/mol. The van der Waals surface area contributed by atoms with Gasteiger partial charge >= 0.3 is 7.82 Å². The normalized spacial score (nSPS) is 14.7. The highest BCUT2D eigenvalue weighted by Gasteiger charge is 2.23. The molecule has 0 aliphatic carbocycles. The van der Waals surface area contributed by atoms with Crippen molar-refractivity contribution in [2.24, 2.45) is 0 Å². The number of unbranched alkanes of at least 4 members (excludes halogenated alkanes) is 7. The van der Waals surface area contributed by atoms with Crippen molar-refractivity contribution in [3.8, 4) is 0 Å². The number of amides is 1. The average Bonchev–Trinajstić information content (AvgIpc) is 2.48. The Hall–Kier alpha value is -0.720. The SMILES string of the molecule is CCCCCCCCC/C=C/[C@@H](O)[C@H](COP(=O)(O)O)NC(C)=O. The van der Waals surface area contributed by atoms with Crippen LogP contribution in [0.2, 0.25) is 0 Å². The second-order valence-corrected chi connectivity index (χ2v) is 7.16. The first kappa shape index (κ1) is 23.3. The molecule has 2 atom stereocenters. The molecule has 0 radical (unpaired) electrons. The Morgan fingerprint density at radius 2 is 1.75 bits per heavy atom. The predicted molar refractivity (Wildman–Crippen MR) is 93.4 cm³/mol. The number of aliphatic hydroxyl groups excluding tert-OH is 1. The first-order chi connectivity index (χ1) is 11.3. The van der Waals surface area contributed by atoms with Gasteiger partial charge in [-0.1, -0.05) is 57.6 Å². The van der Waals surface area contributed by atoms with Gasteiger partial charge in [0.1, 0.15) is 0 Å². The van der Waals surface area contributed by atoms with Crippen molar-refractivity contribution in [2.75, 3.05) is 6.61 Å². The Balaban J connectivity index is 4.08. The summed E-state index contributed by atoms with van der Waals surface area (Å²) in [6, 6.07) is -0.902. The van der Waals surface area contributed by atoms with E-state index in [4.69, 9.17) is 9.79 Å². The van der Waals surface area contributed by atoms with Crippen molar-refractivity contribution in [1.82, 2.24) is 5.32 Å². The molecule has 0 aromatic carbocycles. The highest BCUT2D eigenvalue weighted by Crippen LogP contribution is 2.35. The summed E-state index contributed by atoms with van der Waals surface area (Å²) in [5.74, 6) is -0.408. The molecule has 0 saturated heterocycles. The van der Waals surface area contributed by atoms with E-state index in [2.05, 4.69) is 16.8 Å². The lowest BCUT2D eigenvalue weighted by Crippen LogP contribution is -2.44. The van der Waals surface area contributed by atoms with E-state index >= 15 is 0 Å². The van der Waals surface area contributed by atoms with Crippen molar-refractivity contribution in [2.45, 2.75) is 77.4 Å². The van der Waals surface area contributed by atoms with Gasteiger partial charge < -0.3 is 20.2 Å². The van der Waals surface area contributed by atoms with Crippen LogP contribution in [0, 0.1) is 0 Å². The summed E-state index contributed by atoms with van der Waals surface area (Å²) in [5, 5.41) is 12.4. The first-order valence-electron chi connectivity index (χ1n) is 8.58. The zero-order valence-electron chi connectivity index (χ0n) is 14.7. The van der Waals surface area contributed by atoms with Gasteiger partial charge in [-0.2, -0.15) is 0 Å². The summed E-state index contributed by atoms with van der Waals surface area (Å²) in [5.41, 5.74) is 0. The molecule has 0 saturated carbocycles. The minimum Gasteiger partial charge on any atom is -0.387 e. The van der Waals surface area contributed by atoms with Gasteiger partial charge in [0.15, 0.2) is 0 Å². The maximum Gasteiger partial charge on any atom is 0.469 e. The number of hydrogen-bond acceptors (Lipinski definition) is 4. The number of rotatable bonds is 14. The van der Waals surface area contributed by atoms with Gasteiger partial charge in [0.2, 0.25) is 5.91 Å². The quantitative estimate of drug-likeness (QED) is 0.214. The molecule has 0 fully saturated rings. The van der Waals surface area contributed by atoms with Gasteiger partial charge in [-0.05, 0) is 12.8 Å². The van der Waals surface area contributed by atoms with Crippen LogP contribution in [0.1, 0.15) is 65.2 Å². The second kappa shape index (κ2) is 13.6. The van der Waals surface area contributed by atoms with E-state index in [0.717, 1.165) is 19.3 Å². The highest BCUT2D eigenvalue weighted by molar-refractivity contribution is 7.46. The summed E-state index contributed by atoms with van der Waals surface area (Å²) in [7, 11) is -4.64. The molecule has 0 bridgehead atoms. The van der Waals surface area contributed by atoms with E-state index in [9.17, 15) is 14.5 Å². The molecule has 7 nitrogen and oxygen atoms in total. The van der Waals surface area contributed by atoms with Gasteiger partial charge in [-0.15, -0.1) is 0 Å². The molecule has 0 spiro atoms. The van der Waals surface area contributed by atoms with Gasteiger partial charge in [0.25, 0.3) is 0 Å². The Labute approximate surface area is 144 Å². The van der Waals surface area contributed by atoms with Crippen LogP contribution in [-0.4, -0.2) is 39.6 Å². The highest BCUT2D eigenvalue weighted by atomic mass is 31.2. The minimum atomic E-state index is -4.64. The van der Waals surface area contributed by atoms with E-state index < -0.39 is 32.5 Å². The predicted octanol–water partition coefficient (Wildman–Crippen LogP) is 2.66. The number of phosphoric ester groups is 1. The third kappa shape index (κ3) is 14.8. The number of nitrogens with one attached hydrogen (secondary N) is 1. The maximum atomic E-state index is 11.1. The van der Waals surface area contributed by atoms with Crippen LogP contribution in [0.25, 0.3) is 0 Å². The third-order valence-electron chi connectivity index (χ3n) is 3.53. The topological polar surface area (TPSA) is 116 Å². The lowest BCUT2D eigenvalue weighted by Gasteiger charge is -2.21. The fourth-order valence-corrected chi connectivity index (χ4v) is 2.61. The van der Waals surface area contributed by atoms with E-state index in [1.165, 1.54) is 45.1 Å². The fraction of sp³-hybridized carbons (Fsp3) is 0.812. The van der Waals surface area contributed by atoms with E-state index in [1.807, 2.05) is 6.08 Å².